The SMILES string of the molecule is CCc1ncnc(NCc2nccc3ccccc23)c1F. The third-order valence-corrected chi connectivity index (χ3v) is 3.38. The molecule has 1 N–H and O–H groups in total. The number of nitrogens with zero attached hydrogens (tertiary/aromatic N) is 3. The molecule has 0 unspecified atom stereocenters. The Bertz CT molecular complexity index is 768. The van der Waals surface area contributed by atoms with E-state index in [9.17, 15) is 4.39 Å². The highest BCUT2D eigenvalue weighted by molar-refractivity contribution is 5.84. The van der Waals surface area contributed by atoms with Crippen LogP contribution in [0.3, 0.4) is 0 Å². The zero-order chi connectivity index (χ0) is 14.7. The molecule has 0 aliphatic rings. The average molecular weight is 282 g/mol. The van der Waals surface area contributed by atoms with E-state index in [0.717, 1.165) is 16.5 Å². The molecule has 21 heavy (non-hydrogen) atoms. The number of nitrogens with one attached hydrogen (secondary N) is 1. The Morgan fingerprint density at radius 1 is 1.05 bits per heavy atom. The lowest BCUT2D eigenvalue weighted by Crippen LogP contribution is -2.08. The second kappa shape index (κ2) is 5.83. The van der Waals surface area contributed by atoms with Gasteiger partial charge in [-0.25, -0.2) is 14.4 Å². The van der Waals surface area contributed by atoms with Gasteiger partial charge in [-0.05, 0) is 17.9 Å². The molecule has 2 aromatic heterocycles. The summed E-state index contributed by atoms with van der Waals surface area (Å²) < 4.78 is 14.1. The van der Waals surface area contributed by atoms with E-state index in [4.69, 9.17) is 0 Å². The van der Waals surface area contributed by atoms with Crippen LogP contribution in [0, 0.1) is 5.82 Å². The maximum absolute atomic E-state index is 14.1. The molecule has 0 aliphatic heterocycles. The van der Waals surface area contributed by atoms with Gasteiger partial charge in [0.2, 0.25) is 0 Å². The minimum atomic E-state index is -0.389. The summed E-state index contributed by atoms with van der Waals surface area (Å²) in [6.45, 7) is 2.28. The van der Waals surface area contributed by atoms with Crippen molar-refractivity contribution in [2.24, 2.45) is 0 Å². The number of anilines is 1. The molecule has 1 aromatic carbocycles. The van der Waals surface area contributed by atoms with Crippen molar-refractivity contribution in [1.29, 1.82) is 0 Å². The Morgan fingerprint density at radius 2 is 1.90 bits per heavy atom. The Kier molecular flexibility index (Phi) is 3.73. The second-order valence-electron chi connectivity index (χ2n) is 4.67. The van der Waals surface area contributed by atoms with E-state index in [-0.39, 0.29) is 11.6 Å². The molecular formula is C16H15FN4. The topological polar surface area (TPSA) is 50.7 Å². The number of hydrogen-bond donors (Lipinski definition) is 1. The van der Waals surface area contributed by atoms with Gasteiger partial charge in [0.1, 0.15) is 6.33 Å². The number of pyridine rings is 1. The molecule has 3 rings (SSSR count). The van der Waals surface area contributed by atoms with E-state index in [1.807, 2.05) is 37.3 Å². The zero-order valence-corrected chi connectivity index (χ0v) is 11.7. The first kappa shape index (κ1) is 13.4. The fourth-order valence-corrected chi connectivity index (χ4v) is 2.27. The van der Waals surface area contributed by atoms with Crippen molar-refractivity contribution in [3.8, 4) is 0 Å². The van der Waals surface area contributed by atoms with Gasteiger partial charge < -0.3 is 5.32 Å². The molecule has 0 amide bonds. The number of aromatic nitrogens is 3. The first-order valence-corrected chi connectivity index (χ1v) is 6.85. The van der Waals surface area contributed by atoms with Gasteiger partial charge in [0.15, 0.2) is 11.6 Å². The number of aryl methyl sites for hydroxylation is 1. The molecule has 2 heterocycles. The molecule has 0 saturated heterocycles. The molecule has 106 valence electrons. The summed E-state index contributed by atoms with van der Waals surface area (Å²) >= 11 is 0. The van der Waals surface area contributed by atoms with Crippen molar-refractivity contribution in [2.75, 3.05) is 5.32 Å². The van der Waals surface area contributed by atoms with Crippen LogP contribution >= 0.6 is 0 Å². The number of hydrogen-bond acceptors (Lipinski definition) is 4. The van der Waals surface area contributed by atoms with Gasteiger partial charge in [-0.1, -0.05) is 31.2 Å². The van der Waals surface area contributed by atoms with Gasteiger partial charge in [-0.3, -0.25) is 4.98 Å². The molecule has 0 radical (unpaired) electrons. The Hall–Kier alpha value is -2.56. The molecule has 0 fully saturated rings. The van der Waals surface area contributed by atoms with Crippen molar-refractivity contribution in [3.63, 3.8) is 0 Å². The zero-order valence-electron chi connectivity index (χ0n) is 11.7. The van der Waals surface area contributed by atoms with Crippen LogP contribution in [0.25, 0.3) is 10.8 Å². The summed E-state index contributed by atoms with van der Waals surface area (Å²) in [7, 11) is 0. The van der Waals surface area contributed by atoms with Crippen LogP contribution in [0.5, 0.6) is 0 Å². The summed E-state index contributed by atoms with van der Waals surface area (Å²) in [5, 5.41) is 5.17. The predicted molar refractivity (Wildman–Crippen MR) is 80.4 cm³/mol. The first-order chi connectivity index (χ1) is 10.3. The Morgan fingerprint density at radius 3 is 2.76 bits per heavy atom. The van der Waals surface area contributed by atoms with Crippen LogP contribution in [0.4, 0.5) is 10.2 Å². The molecule has 0 atom stereocenters. The lowest BCUT2D eigenvalue weighted by atomic mass is 10.1. The predicted octanol–water partition coefficient (Wildman–Crippen LogP) is 3.34. The van der Waals surface area contributed by atoms with E-state index in [1.54, 1.807) is 6.20 Å². The van der Waals surface area contributed by atoms with Crippen molar-refractivity contribution in [2.45, 2.75) is 19.9 Å². The van der Waals surface area contributed by atoms with Crippen LogP contribution in [0.1, 0.15) is 18.3 Å². The quantitative estimate of drug-likeness (QED) is 0.797. The van der Waals surface area contributed by atoms with Crippen LogP contribution in [-0.4, -0.2) is 15.0 Å². The summed E-state index contributed by atoms with van der Waals surface area (Å²) in [6, 6.07) is 9.94. The van der Waals surface area contributed by atoms with Gasteiger partial charge in [-0.15, -0.1) is 0 Å². The highest BCUT2D eigenvalue weighted by atomic mass is 19.1. The van der Waals surface area contributed by atoms with E-state index < -0.39 is 0 Å². The van der Waals surface area contributed by atoms with Gasteiger partial charge in [0, 0.05) is 11.6 Å². The third kappa shape index (κ3) is 2.67. The minimum Gasteiger partial charge on any atom is -0.362 e. The molecule has 0 saturated carbocycles. The monoisotopic (exact) mass is 282 g/mol. The van der Waals surface area contributed by atoms with Crippen molar-refractivity contribution in [3.05, 3.63) is 60.1 Å². The summed E-state index contributed by atoms with van der Waals surface area (Å²) in [5.41, 5.74) is 1.28. The fraction of sp³-hybridized carbons (Fsp3) is 0.188. The first-order valence-electron chi connectivity index (χ1n) is 6.85. The number of fused-ring (bicyclic) bond motifs is 1. The Labute approximate surface area is 122 Å². The summed E-state index contributed by atoms with van der Waals surface area (Å²) in [6.07, 6.45) is 3.67. The number of halogens is 1. The normalized spacial score (nSPS) is 10.8. The molecule has 0 bridgehead atoms. The lowest BCUT2D eigenvalue weighted by Gasteiger charge is -2.09. The number of rotatable bonds is 4. The number of benzene rings is 1. The molecule has 4 nitrogen and oxygen atoms in total. The van der Waals surface area contributed by atoms with Gasteiger partial charge in [0.25, 0.3) is 0 Å². The van der Waals surface area contributed by atoms with Crippen molar-refractivity contribution < 1.29 is 4.39 Å². The third-order valence-electron chi connectivity index (χ3n) is 3.38. The smallest absolute Gasteiger partial charge is 0.186 e. The molecule has 0 aliphatic carbocycles. The van der Waals surface area contributed by atoms with Crippen LogP contribution in [-0.2, 0) is 13.0 Å². The van der Waals surface area contributed by atoms with E-state index in [0.29, 0.717) is 18.7 Å². The Balaban J connectivity index is 1.87. The fourth-order valence-electron chi connectivity index (χ4n) is 2.27. The highest BCUT2D eigenvalue weighted by Gasteiger charge is 2.10. The van der Waals surface area contributed by atoms with E-state index >= 15 is 0 Å². The summed E-state index contributed by atoms with van der Waals surface area (Å²) in [4.78, 5) is 12.2. The van der Waals surface area contributed by atoms with Crippen LogP contribution in [0.15, 0.2) is 42.9 Å². The van der Waals surface area contributed by atoms with E-state index in [2.05, 4.69) is 20.3 Å². The summed E-state index contributed by atoms with van der Waals surface area (Å²) in [5.74, 6) is -0.170. The van der Waals surface area contributed by atoms with Gasteiger partial charge in [-0.2, -0.15) is 0 Å². The van der Waals surface area contributed by atoms with E-state index in [1.165, 1.54) is 6.33 Å². The maximum atomic E-state index is 14.1. The minimum absolute atomic E-state index is 0.219. The van der Waals surface area contributed by atoms with Crippen LogP contribution < -0.4 is 5.32 Å². The van der Waals surface area contributed by atoms with Crippen molar-refractivity contribution in [1.82, 2.24) is 15.0 Å². The van der Waals surface area contributed by atoms with Crippen LogP contribution in [0.2, 0.25) is 0 Å². The maximum Gasteiger partial charge on any atom is 0.186 e. The largest absolute Gasteiger partial charge is 0.362 e. The molecule has 0 spiro atoms. The van der Waals surface area contributed by atoms with Gasteiger partial charge in [0.05, 0.1) is 17.9 Å². The standard InChI is InChI=1S/C16H15FN4/c1-2-13-15(17)16(21-10-20-13)19-9-14-12-6-4-3-5-11(12)7-8-18-14/h3-8,10H,2,9H2,1H3,(H,19,20,21). The highest BCUT2D eigenvalue weighted by Crippen LogP contribution is 2.18. The lowest BCUT2D eigenvalue weighted by molar-refractivity contribution is 0.596. The molecule has 3 aromatic rings. The molecular weight excluding hydrogens is 267 g/mol. The average Bonchev–Trinajstić information content (AvgIpc) is 2.54. The van der Waals surface area contributed by atoms with Crippen molar-refractivity contribution >= 4 is 16.6 Å². The van der Waals surface area contributed by atoms with Gasteiger partial charge >= 0.3 is 0 Å². The second-order valence-corrected chi connectivity index (χ2v) is 4.67. The molecule has 5 heteroatoms.